The standard InChI is InChI=1S/C35H43F2N5O9S/c1-19-6-4-5-7-21-15-35(21,32(45)41-52(48,49)34(18-36)10-11-34)40-29(43)27-14-23(17-42(27)31(44)28(20(2)12-19)39-33(46)47)51-30-24-9-8-22(50-3)13-25(24)26(37)16-38-30/h5,7-9,13,16,19-21,23,27-28,39H,4,6,10-12,14-15,17-18H2,1-3H3,(H,40,43)(H,41,45)(H,46,47)/b7-5-/t19-,20-,21?,23-,27+,28+,35?/m1/s1. The Kier molecular flexibility index (Phi) is 10.1. The van der Waals surface area contributed by atoms with Crippen LogP contribution in [-0.2, 0) is 24.4 Å². The zero-order chi connectivity index (χ0) is 37.6. The number of benzene rings is 1. The molecule has 3 fully saturated rings. The first kappa shape index (κ1) is 37.2. The number of carbonyl (C=O) groups is 4. The lowest BCUT2D eigenvalue weighted by molar-refractivity contribution is -0.142. The zero-order valence-electron chi connectivity index (χ0n) is 29.1. The van der Waals surface area contributed by atoms with E-state index in [2.05, 4.69) is 15.6 Å². The molecule has 7 atom stereocenters. The van der Waals surface area contributed by atoms with Gasteiger partial charge in [-0.15, -0.1) is 0 Å². The number of amides is 4. The summed E-state index contributed by atoms with van der Waals surface area (Å²) >= 11 is 0. The Balaban J connectivity index is 1.34. The summed E-state index contributed by atoms with van der Waals surface area (Å²) in [6, 6.07) is 2.11. The average molecular weight is 748 g/mol. The number of pyridine rings is 1. The molecule has 4 amide bonds. The van der Waals surface area contributed by atoms with Gasteiger partial charge in [0.1, 0.15) is 46.7 Å². The smallest absolute Gasteiger partial charge is 0.405 e. The number of methoxy groups -OCH3 is 1. The van der Waals surface area contributed by atoms with Crippen molar-refractivity contribution in [3.8, 4) is 11.6 Å². The first-order valence-corrected chi connectivity index (χ1v) is 18.8. The van der Waals surface area contributed by atoms with Crippen LogP contribution in [0.2, 0.25) is 0 Å². The fourth-order valence-electron chi connectivity index (χ4n) is 7.42. The second-order valence-electron chi connectivity index (χ2n) is 14.6. The summed E-state index contributed by atoms with van der Waals surface area (Å²) < 4.78 is 66.4. The predicted octanol–water partition coefficient (Wildman–Crippen LogP) is 3.20. The number of alkyl halides is 1. The molecule has 0 radical (unpaired) electrons. The molecule has 6 rings (SSSR count). The third kappa shape index (κ3) is 7.11. The Morgan fingerprint density at radius 1 is 1.17 bits per heavy atom. The molecule has 0 bridgehead atoms. The summed E-state index contributed by atoms with van der Waals surface area (Å²) in [5.74, 6) is -3.69. The summed E-state index contributed by atoms with van der Waals surface area (Å²) in [5.41, 5.74) is -1.70. The summed E-state index contributed by atoms with van der Waals surface area (Å²) in [4.78, 5) is 59.6. The van der Waals surface area contributed by atoms with Crippen LogP contribution < -0.4 is 24.8 Å². The van der Waals surface area contributed by atoms with Crippen LogP contribution >= 0.6 is 0 Å². The highest BCUT2D eigenvalue weighted by Crippen LogP contribution is 2.48. The zero-order valence-corrected chi connectivity index (χ0v) is 29.9. The lowest BCUT2D eigenvalue weighted by atomic mass is 9.88. The molecule has 282 valence electrons. The van der Waals surface area contributed by atoms with Gasteiger partial charge in [0.25, 0.3) is 5.91 Å². The molecule has 1 aromatic heterocycles. The quantitative estimate of drug-likeness (QED) is 0.292. The van der Waals surface area contributed by atoms with Crippen molar-refractivity contribution < 1.29 is 51.0 Å². The summed E-state index contributed by atoms with van der Waals surface area (Å²) in [7, 11) is -2.97. The molecule has 17 heteroatoms. The van der Waals surface area contributed by atoms with Gasteiger partial charge in [0.2, 0.25) is 27.7 Å². The van der Waals surface area contributed by atoms with Crippen LogP contribution in [-0.4, -0.2) is 96.0 Å². The Bertz CT molecular complexity index is 1910. The number of ether oxygens (including phenoxy) is 2. The lowest BCUT2D eigenvalue weighted by Crippen LogP contribution is -2.59. The summed E-state index contributed by atoms with van der Waals surface area (Å²) in [6.07, 6.45) is 4.05. The van der Waals surface area contributed by atoms with Crippen molar-refractivity contribution >= 4 is 44.6 Å². The van der Waals surface area contributed by atoms with Gasteiger partial charge in [-0.05, 0) is 68.6 Å². The van der Waals surface area contributed by atoms with E-state index in [1.165, 1.54) is 18.1 Å². The second-order valence-corrected chi connectivity index (χ2v) is 16.7. The molecule has 4 aliphatic rings. The highest BCUT2D eigenvalue weighted by molar-refractivity contribution is 7.91. The van der Waals surface area contributed by atoms with Crippen molar-refractivity contribution in [3.63, 3.8) is 0 Å². The molecule has 14 nitrogen and oxygen atoms in total. The SMILES string of the molecule is COc1ccc2c(O[C@@H]3C[C@H]4C(=O)NC5(C(=O)NS(=O)(=O)C6(CF)CC6)CC5/C=C\CC[C@@H](C)C[C@@H](C)[C@H](NC(=O)O)C(=O)N4C3)ncc(F)c2c1. The van der Waals surface area contributed by atoms with Crippen molar-refractivity contribution in [3.05, 3.63) is 42.4 Å². The molecule has 2 unspecified atom stereocenters. The highest BCUT2D eigenvalue weighted by atomic mass is 32.2. The van der Waals surface area contributed by atoms with E-state index in [4.69, 9.17) is 9.47 Å². The lowest BCUT2D eigenvalue weighted by Gasteiger charge is -2.32. The average Bonchev–Trinajstić information content (AvgIpc) is 4.01. The minimum Gasteiger partial charge on any atom is -0.497 e. The van der Waals surface area contributed by atoms with E-state index in [0.29, 0.717) is 30.4 Å². The van der Waals surface area contributed by atoms with Crippen LogP contribution in [0.15, 0.2) is 36.5 Å². The number of nitrogens with one attached hydrogen (secondary N) is 3. The fraction of sp³-hybridized carbons (Fsp3) is 0.571. The molecule has 0 spiro atoms. The number of hydrogen-bond acceptors (Lipinski definition) is 9. The normalized spacial score (nSPS) is 30.8. The first-order chi connectivity index (χ1) is 24.6. The second kappa shape index (κ2) is 14.1. The number of aromatic nitrogens is 1. The number of rotatable bonds is 8. The van der Waals surface area contributed by atoms with Crippen LogP contribution in [0.1, 0.15) is 58.8 Å². The number of carboxylic acid groups (broad SMARTS) is 1. The van der Waals surface area contributed by atoms with Crippen LogP contribution in [0.25, 0.3) is 10.8 Å². The molecule has 52 heavy (non-hydrogen) atoms. The van der Waals surface area contributed by atoms with E-state index in [1.54, 1.807) is 25.1 Å². The van der Waals surface area contributed by atoms with Gasteiger partial charge in [0.15, 0.2) is 0 Å². The molecule has 2 aromatic rings. The number of nitrogens with zero attached hydrogens (tertiary/aromatic N) is 2. The van der Waals surface area contributed by atoms with Crippen molar-refractivity contribution in [1.82, 2.24) is 25.2 Å². The van der Waals surface area contributed by atoms with Crippen molar-refractivity contribution in [1.29, 1.82) is 0 Å². The largest absolute Gasteiger partial charge is 0.497 e. The summed E-state index contributed by atoms with van der Waals surface area (Å²) in [6.45, 7) is 2.38. The van der Waals surface area contributed by atoms with E-state index in [-0.39, 0.29) is 49.4 Å². The van der Waals surface area contributed by atoms with Crippen LogP contribution in [0.5, 0.6) is 11.6 Å². The number of halogens is 2. The first-order valence-electron chi connectivity index (χ1n) is 17.3. The fourth-order valence-corrected chi connectivity index (χ4v) is 8.85. The van der Waals surface area contributed by atoms with Crippen molar-refractivity contribution in [2.24, 2.45) is 17.8 Å². The van der Waals surface area contributed by atoms with E-state index in [9.17, 15) is 41.5 Å². The number of hydrogen-bond donors (Lipinski definition) is 4. The van der Waals surface area contributed by atoms with Crippen molar-refractivity contribution in [2.75, 3.05) is 20.3 Å². The van der Waals surface area contributed by atoms with Crippen LogP contribution in [0.4, 0.5) is 13.6 Å². The van der Waals surface area contributed by atoms with E-state index >= 15 is 0 Å². The molecule has 4 N–H and O–H groups in total. The highest BCUT2D eigenvalue weighted by Gasteiger charge is 2.64. The summed E-state index contributed by atoms with van der Waals surface area (Å²) in [5, 5.41) is 15.2. The maximum atomic E-state index is 14.8. The molecule has 1 aromatic carbocycles. The Labute approximate surface area is 299 Å². The number of sulfonamides is 1. The Morgan fingerprint density at radius 2 is 1.92 bits per heavy atom. The molecule has 1 saturated heterocycles. The van der Waals surface area contributed by atoms with E-state index < -0.39 is 86.6 Å². The van der Waals surface area contributed by atoms with Crippen molar-refractivity contribution in [2.45, 2.75) is 87.3 Å². The van der Waals surface area contributed by atoms with Gasteiger partial charge in [-0.25, -0.2) is 27.0 Å². The monoisotopic (exact) mass is 747 g/mol. The number of carbonyl (C=O) groups excluding carboxylic acids is 3. The third-order valence-corrected chi connectivity index (χ3v) is 12.9. The van der Waals surface area contributed by atoms with Gasteiger partial charge < -0.3 is 30.1 Å². The Morgan fingerprint density at radius 3 is 2.60 bits per heavy atom. The third-order valence-electron chi connectivity index (χ3n) is 10.8. The topological polar surface area (TPSA) is 193 Å². The molecule has 2 aliphatic carbocycles. The number of allylic oxidation sites excluding steroid dienone is 1. The number of fused-ring (bicyclic) bond motifs is 3. The molecule has 2 aliphatic heterocycles. The Hall–Kier alpha value is -4.54. The molecular formula is C35H43F2N5O9S. The van der Waals surface area contributed by atoms with E-state index in [1.807, 2.05) is 17.7 Å². The van der Waals surface area contributed by atoms with Crippen LogP contribution in [0, 0.1) is 23.6 Å². The van der Waals surface area contributed by atoms with Gasteiger partial charge in [0.05, 0.1) is 19.9 Å². The van der Waals surface area contributed by atoms with Crippen LogP contribution in [0.3, 0.4) is 0 Å². The van der Waals surface area contributed by atoms with E-state index in [0.717, 1.165) is 6.20 Å². The predicted molar refractivity (Wildman–Crippen MR) is 183 cm³/mol. The maximum Gasteiger partial charge on any atom is 0.405 e. The van der Waals surface area contributed by atoms with Gasteiger partial charge in [-0.2, -0.15) is 0 Å². The molecule has 3 heterocycles. The minimum atomic E-state index is -4.41. The molecule has 2 saturated carbocycles. The molecular weight excluding hydrogens is 704 g/mol. The minimum absolute atomic E-state index is 0.0253. The maximum absolute atomic E-state index is 14.8. The van der Waals surface area contributed by atoms with Gasteiger partial charge >= 0.3 is 6.09 Å². The van der Waals surface area contributed by atoms with Gasteiger partial charge in [-0.3, -0.25) is 19.1 Å². The van der Waals surface area contributed by atoms with Gasteiger partial charge in [0, 0.05) is 23.1 Å². The van der Waals surface area contributed by atoms with Gasteiger partial charge in [-0.1, -0.05) is 26.0 Å².